The highest BCUT2D eigenvalue weighted by molar-refractivity contribution is 6.31. The smallest absolute Gasteiger partial charge is 0.407 e. The maximum atomic E-state index is 11.2. The van der Waals surface area contributed by atoms with Gasteiger partial charge >= 0.3 is 6.09 Å². The van der Waals surface area contributed by atoms with Gasteiger partial charge in [-0.2, -0.15) is 0 Å². The first-order valence-electron chi connectivity index (χ1n) is 7.71. The zero-order valence-electron chi connectivity index (χ0n) is 12.5. The number of anilines is 1. The van der Waals surface area contributed by atoms with Crippen LogP contribution < -0.4 is 4.90 Å². The topological polar surface area (TPSA) is 82.7 Å². The molecule has 2 atom stereocenters. The van der Waals surface area contributed by atoms with Crippen molar-refractivity contribution in [3.63, 3.8) is 0 Å². The zero-order valence-corrected chi connectivity index (χ0v) is 13.3. The number of hydrogen-bond donors (Lipinski definition) is 1. The largest absolute Gasteiger partial charge is 0.465 e. The van der Waals surface area contributed by atoms with Gasteiger partial charge in [0.05, 0.1) is 12.1 Å². The van der Waals surface area contributed by atoms with Crippen LogP contribution in [0.3, 0.4) is 0 Å². The van der Waals surface area contributed by atoms with Gasteiger partial charge in [-0.25, -0.2) is 14.8 Å². The summed E-state index contributed by atoms with van der Waals surface area (Å²) in [5.41, 5.74) is 2.08. The summed E-state index contributed by atoms with van der Waals surface area (Å²) in [6.07, 6.45) is 1.49. The van der Waals surface area contributed by atoms with Gasteiger partial charge in [-0.1, -0.05) is 11.6 Å². The summed E-state index contributed by atoms with van der Waals surface area (Å²) in [5.74, 6) is 0.727. The lowest BCUT2D eigenvalue weighted by Crippen LogP contribution is -2.48. The number of fused-ring (bicyclic) bond motifs is 5. The number of carboxylic acid groups (broad SMARTS) is 1. The van der Waals surface area contributed by atoms with Crippen LogP contribution in [0.4, 0.5) is 10.6 Å². The average Bonchev–Trinajstić information content (AvgIpc) is 3.25. The number of piperazine rings is 1. The van der Waals surface area contributed by atoms with Crippen molar-refractivity contribution in [1.29, 1.82) is 0 Å². The number of halogens is 1. The van der Waals surface area contributed by atoms with E-state index in [1.807, 2.05) is 12.1 Å². The van der Waals surface area contributed by atoms with Crippen LogP contribution in [0.1, 0.15) is 6.42 Å². The van der Waals surface area contributed by atoms with Crippen molar-refractivity contribution < 1.29 is 14.3 Å². The summed E-state index contributed by atoms with van der Waals surface area (Å²) in [5, 5.41) is 10.7. The summed E-state index contributed by atoms with van der Waals surface area (Å²) in [7, 11) is 0. The van der Waals surface area contributed by atoms with Crippen LogP contribution in [0, 0.1) is 0 Å². The second-order valence-corrected chi connectivity index (χ2v) is 6.68. The van der Waals surface area contributed by atoms with Crippen molar-refractivity contribution in [3.8, 4) is 0 Å². The molecule has 0 radical (unpaired) electrons. The zero-order chi connectivity index (χ0) is 16.4. The van der Waals surface area contributed by atoms with Gasteiger partial charge in [0.2, 0.25) is 0 Å². The second kappa shape index (κ2) is 4.73. The maximum Gasteiger partial charge on any atom is 0.407 e. The fraction of sp³-hybridized carbons (Fsp3) is 0.312. The van der Waals surface area contributed by atoms with E-state index in [1.165, 1.54) is 11.2 Å². The highest BCUT2D eigenvalue weighted by Gasteiger charge is 2.46. The van der Waals surface area contributed by atoms with Crippen LogP contribution in [0.2, 0.25) is 5.02 Å². The quantitative estimate of drug-likeness (QED) is 0.730. The average molecular weight is 345 g/mol. The Morgan fingerprint density at radius 3 is 2.92 bits per heavy atom. The summed E-state index contributed by atoms with van der Waals surface area (Å²) in [6, 6.07) is 5.58. The molecule has 2 aromatic heterocycles. The molecule has 24 heavy (non-hydrogen) atoms. The lowest BCUT2D eigenvalue weighted by atomic mass is 10.2. The minimum absolute atomic E-state index is 0.0105. The van der Waals surface area contributed by atoms with Crippen molar-refractivity contribution in [3.05, 3.63) is 29.5 Å². The van der Waals surface area contributed by atoms with Gasteiger partial charge in [0.25, 0.3) is 0 Å². The predicted molar refractivity (Wildman–Crippen MR) is 88.6 cm³/mol. The number of nitrogens with zero attached hydrogens (tertiary/aromatic N) is 4. The first-order chi connectivity index (χ1) is 11.6. The Balaban J connectivity index is 1.61. The Labute approximate surface area is 141 Å². The van der Waals surface area contributed by atoms with Crippen LogP contribution in [0.15, 0.2) is 28.9 Å². The van der Waals surface area contributed by atoms with Crippen molar-refractivity contribution in [2.45, 2.75) is 18.5 Å². The maximum absolute atomic E-state index is 11.2. The van der Waals surface area contributed by atoms with Crippen LogP contribution >= 0.6 is 11.6 Å². The van der Waals surface area contributed by atoms with Crippen LogP contribution in [-0.4, -0.2) is 51.2 Å². The van der Waals surface area contributed by atoms with Gasteiger partial charge in [-0.15, -0.1) is 0 Å². The molecule has 0 saturated carbocycles. The third-order valence-electron chi connectivity index (χ3n) is 4.95. The van der Waals surface area contributed by atoms with Gasteiger partial charge in [0.15, 0.2) is 11.4 Å². The predicted octanol–water partition coefficient (Wildman–Crippen LogP) is 2.97. The number of furan rings is 1. The van der Waals surface area contributed by atoms with E-state index < -0.39 is 6.09 Å². The molecule has 122 valence electrons. The van der Waals surface area contributed by atoms with Crippen molar-refractivity contribution in [1.82, 2.24) is 14.9 Å². The third kappa shape index (κ3) is 1.81. The molecule has 1 aromatic carbocycles. The Hall–Kier alpha value is -2.54. The number of rotatable bonds is 1. The minimum atomic E-state index is -0.853. The molecule has 0 spiro atoms. The van der Waals surface area contributed by atoms with E-state index in [1.54, 1.807) is 6.07 Å². The Bertz CT molecular complexity index is 988. The molecule has 4 heterocycles. The SMILES string of the molecule is O=C(O)N1C[C@H]2C[C@@H]1CN2c1ncnc2c1oc1ccc(Cl)cc12. The first kappa shape index (κ1) is 13.9. The molecular formula is C16H13ClN4O3. The molecule has 1 amide bonds. The minimum Gasteiger partial charge on any atom is -0.465 e. The lowest BCUT2D eigenvalue weighted by molar-refractivity contribution is 0.137. The van der Waals surface area contributed by atoms with E-state index in [0.717, 1.165) is 23.1 Å². The highest BCUT2D eigenvalue weighted by atomic mass is 35.5. The number of carbonyl (C=O) groups is 1. The van der Waals surface area contributed by atoms with Crippen LogP contribution in [0.5, 0.6) is 0 Å². The van der Waals surface area contributed by atoms with E-state index in [-0.39, 0.29) is 12.1 Å². The molecule has 8 heteroatoms. The molecule has 2 aliphatic rings. The highest BCUT2D eigenvalue weighted by Crippen LogP contribution is 2.39. The normalized spacial score (nSPS) is 22.9. The molecule has 7 nitrogen and oxygen atoms in total. The van der Waals surface area contributed by atoms with Crippen molar-refractivity contribution in [2.24, 2.45) is 0 Å². The van der Waals surface area contributed by atoms with Gasteiger partial charge in [-0.3, -0.25) is 0 Å². The Morgan fingerprint density at radius 2 is 2.17 bits per heavy atom. The van der Waals surface area contributed by atoms with E-state index >= 15 is 0 Å². The summed E-state index contributed by atoms with van der Waals surface area (Å²) < 4.78 is 5.98. The molecule has 3 aromatic rings. The molecular weight excluding hydrogens is 332 g/mol. The fourth-order valence-corrected chi connectivity index (χ4v) is 4.07. The molecule has 2 aliphatic heterocycles. The number of benzene rings is 1. The molecule has 1 N–H and O–H groups in total. The summed E-state index contributed by atoms with van der Waals surface area (Å²) >= 11 is 6.08. The second-order valence-electron chi connectivity index (χ2n) is 6.25. The van der Waals surface area contributed by atoms with Gasteiger partial charge in [-0.05, 0) is 24.6 Å². The van der Waals surface area contributed by atoms with Gasteiger partial charge in [0, 0.05) is 23.5 Å². The summed E-state index contributed by atoms with van der Waals surface area (Å²) in [6.45, 7) is 1.12. The van der Waals surface area contributed by atoms with Crippen LogP contribution in [0.25, 0.3) is 22.1 Å². The molecule has 0 aliphatic carbocycles. The Morgan fingerprint density at radius 1 is 1.29 bits per heavy atom. The molecule has 2 bridgehead atoms. The van der Waals surface area contributed by atoms with Crippen LogP contribution in [-0.2, 0) is 0 Å². The number of amides is 1. The molecule has 0 unspecified atom stereocenters. The van der Waals surface area contributed by atoms with Gasteiger partial charge in [0.1, 0.15) is 17.4 Å². The monoisotopic (exact) mass is 344 g/mol. The Kier molecular flexibility index (Phi) is 2.73. The standard InChI is InChI=1S/C16H13ClN4O3/c17-8-1-2-12-11(3-8)13-14(24-12)15(19-7-18-13)20-5-10-4-9(20)6-21(10)16(22)23/h1-3,7,9-10H,4-6H2,(H,22,23)/t9-,10-/m1/s1. The van der Waals surface area contributed by atoms with E-state index in [2.05, 4.69) is 14.9 Å². The lowest BCUT2D eigenvalue weighted by Gasteiger charge is -2.33. The first-order valence-corrected chi connectivity index (χ1v) is 8.08. The van der Waals surface area contributed by atoms with Crippen molar-refractivity contribution in [2.75, 3.05) is 18.0 Å². The number of aromatic nitrogens is 2. The van der Waals surface area contributed by atoms with E-state index in [9.17, 15) is 9.90 Å². The van der Waals surface area contributed by atoms with E-state index in [0.29, 0.717) is 29.3 Å². The fourth-order valence-electron chi connectivity index (χ4n) is 3.90. The third-order valence-corrected chi connectivity index (χ3v) is 5.19. The number of hydrogen-bond acceptors (Lipinski definition) is 5. The van der Waals surface area contributed by atoms with Crippen molar-refractivity contribution >= 4 is 45.6 Å². The summed E-state index contributed by atoms with van der Waals surface area (Å²) in [4.78, 5) is 23.7. The van der Waals surface area contributed by atoms with E-state index in [4.69, 9.17) is 16.0 Å². The molecule has 2 fully saturated rings. The molecule has 2 saturated heterocycles. The van der Waals surface area contributed by atoms with Gasteiger partial charge < -0.3 is 19.3 Å². The molecule has 5 rings (SSSR count). The number of likely N-dealkylation sites (tertiary alicyclic amines) is 1.